The van der Waals surface area contributed by atoms with Gasteiger partial charge in [-0.1, -0.05) is 20.8 Å². The summed E-state index contributed by atoms with van der Waals surface area (Å²) >= 11 is 1.83. The van der Waals surface area contributed by atoms with Crippen LogP contribution in [-0.2, 0) is 16.6 Å². The van der Waals surface area contributed by atoms with Gasteiger partial charge in [-0.25, -0.2) is 8.42 Å². The predicted octanol–water partition coefficient (Wildman–Crippen LogP) is 2.03. The number of aromatic nitrogens is 1. The third-order valence-corrected chi connectivity index (χ3v) is 7.15. The van der Waals surface area contributed by atoms with E-state index in [2.05, 4.69) is 31.1 Å². The zero-order chi connectivity index (χ0) is 15.6. The molecule has 2 atom stereocenters. The maximum atomic E-state index is 12.8. The molecule has 2 heterocycles. The van der Waals surface area contributed by atoms with Crippen LogP contribution in [0.3, 0.4) is 0 Å². The van der Waals surface area contributed by atoms with Gasteiger partial charge < -0.3 is 10.3 Å². The normalized spacial score (nSPS) is 24.6. The first kappa shape index (κ1) is 16.9. The Kier molecular flexibility index (Phi) is 5.40. The third-order valence-electron chi connectivity index (χ3n) is 3.85. The van der Waals surface area contributed by atoms with Gasteiger partial charge in [0.1, 0.15) is 0 Å². The Morgan fingerprint density at radius 2 is 2.19 bits per heavy atom. The van der Waals surface area contributed by atoms with Crippen molar-refractivity contribution in [3.8, 4) is 0 Å². The molecule has 5 nitrogen and oxygen atoms in total. The number of rotatable bonds is 5. The third kappa shape index (κ3) is 3.83. The number of H-pyrrole nitrogens is 1. The lowest BCUT2D eigenvalue weighted by atomic mass is 10.2. The van der Waals surface area contributed by atoms with Gasteiger partial charge in [0, 0.05) is 48.1 Å². The van der Waals surface area contributed by atoms with Crippen LogP contribution in [0.4, 0.5) is 0 Å². The van der Waals surface area contributed by atoms with Crippen LogP contribution in [0.25, 0.3) is 0 Å². The molecule has 0 bridgehead atoms. The van der Waals surface area contributed by atoms with E-state index in [1.165, 1.54) is 0 Å². The van der Waals surface area contributed by atoms with Crippen molar-refractivity contribution in [3.63, 3.8) is 0 Å². The Morgan fingerprint density at radius 3 is 2.86 bits per heavy atom. The van der Waals surface area contributed by atoms with E-state index in [1.807, 2.05) is 18.7 Å². The molecule has 1 aromatic rings. The molecule has 2 unspecified atom stereocenters. The van der Waals surface area contributed by atoms with Crippen molar-refractivity contribution >= 4 is 21.8 Å². The minimum atomic E-state index is -3.40. The summed E-state index contributed by atoms with van der Waals surface area (Å²) in [5.41, 5.74) is 0.898. The monoisotopic (exact) mass is 331 g/mol. The fourth-order valence-corrected chi connectivity index (χ4v) is 5.38. The number of hydrogen-bond donors (Lipinski definition) is 2. The van der Waals surface area contributed by atoms with E-state index in [4.69, 9.17) is 0 Å². The summed E-state index contributed by atoms with van der Waals surface area (Å²) in [4.78, 5) is 3.43. The molecule has 0 amide bonds. The summed E-state index contributed by atoms with van der Waals surface area (Å²) < 4.78 is 27.2. The van der Waals surface area contributed by atoms with Crippen LogP contribution in [0.5, 0.6) is 0 Å². The van der Waals surface area contributed by atoms with Crippen molar-refractivity contribution in [2.45, 2.75) is 56.5 Å². The van der Waals surface area contributed by atoms with Crippen molar-refractivity contribution in [1.82, 2.24) is 14.6 Å². The molecule has 2 rings (SSSR count). The van der Waals surface area contributed by atoms with Crippen LogP contribution in [0.1, 0.15) is 33.4 Å². The number of aromatic amines is 1. The molecule has 1 aliphatic heterocycles. The summed E-state index contributed by atoms with van der Waals surface area (Å²) in [5, 5.41) is 3.61. The fraction of sp³-hybridized carbons (Fsp3) is 0.714. The molecule has 1 saturated heterocycles. The zero-order valence-corrected chi connectivity index (χ0v) is 14.7. The average molecular weight is 332 g/mol. The molecule has 1 aromatic heterocycles. The molecule has 0 aromatic carbocycles. The minimum absolute atomic E-state index is 0.0286. The number of hydrogen-bond acceptors (Lipinski definition) is 4. The van der Waals surface area contributed by atoms with Crippen LogP contribution in [-0.4, -0.2) is 47.3 Å². The lowest BCUT2D eigenvalue weighted by Crippen LogP contribution is -2.47. The van der Waals surface area contributed by atoms with Crippen LogP contribution in [0, 0.1) is 0 Å². The van der Waals surface area contributed by atoms with Gasteiger partial charge in [0.05, 0.1) is 4.90 Å². The second-order valence-corrected chi connectivity index (χ2v) is 9.20. The van der Waals surface area contributed by atoms with E-state index >= 15 is 0 Å². The van der Waals surface area contributed by atoms with Gasteiger partial charge in [-0.2, -0.15) is 16.1 Å². The van der Waals surface area contributed by atoms with Gasteiger partial charge >= 0.3 is 0 Å². The lowest BCUT2D eigenvalue weighted by Gasteiger charge is -2.36. The quantitative estimate of drug-likeness (QED) is 0.866. The Bertz CT molecular complexity index is 569. The van der Waals surface area contributed by atoms with E-state index < -0.39 is 10.0 Å². The summed E-state index contributed by atoms with van der Waals surface area (Å²) in [6.07, 6.45) is 1.60. The lowest BCUT2D eigenvalue weighted by molar-refractivity contribution is 0.340. The Hall–Kier alpha value is -0.500. The molecule has 21 heavy (non-hydrogen) atoms. The van der Waals surface area contributed by atoms with E-state index in [1.54, 1.807) is 16.6 Å². The molecule has 0 radical (unpaired) electrons. The first-order valence-corrected chi connectivity index (χ1v) is 9.85. The molecule has 0 aliphatic carbocycles. The van der Waals surface area contributed by atoms with Crippen molar-refractivity contribution in [2.24, 2.45) is 0 Å². The van der Waals surface area contributed by atoms with Crippen molar-refractivity contribution in [2.75, 3.05) is 12.3 Å². The van der Waals surface area contributed by atoms with Gasteiger partial charge in [-0.05, 0) is 13.0 Å². The maximum Gasteiger partial charge on any atom is 0.244 e. The molecular weight excluding hydrogens is 306 g/mol. The van der Waals surface area contributed by atoms with Gasteiger partial charge in [-0.3, -0.25) is 0 Å². The van der Waals surface area contributed by atoms with Crippen LogP contribution in [0.15, 0.2) is 17.2 Å². The SMILES string of the molecule is CC(C)NCc1cc(S(=O)(=O)N2CCSC(C)C2C)c[nH]1. The molecule has 1 fully saturated rings. The topological polar surface area (TPSA) is 65.2 Å². The van der Waals surface area contributed by atoms with Gasteiger partial charge in [0.2, 0.25) is 10.0 Å². The van der Waals surface area contributed by atoms with Crippen molar-refractivity contribution in [3.05, 3.63) is 18.0 Å². The first-order chi connectivity index (χ1) is 9.82. The molecule has 7 heteroatoms. The van der Waals surface area contributed by atoms with Gasteiger partial charge in [-0.15, -0.1) is 0 Å². The summed E-state index contributed by atoms with van der Waals surface area (Å²) in [7, 11) is -3.40. The molecule has 120 valence electrons. The number of thioether (sulfide) groups is 1. The number of nitrogens with one attached hydrogen (secondary N) is 2. The van der Waals surface area contributed by atoms with E-state index in [0.717, 1.165) is 11.4 Å². The Labute approximate surface area is 131 Å². The highest BCUT2D eigenvalue weighted by Gasteiger charge is 2.35. The smallest absolute Gasteiger partial charge is 0.244 e. The van der Waals surface area contributed by atoms with Crippen LogP contribution < -0.4 is 5.32 Å². The summed E-state index contributed by atoms with van der Waals surface area (Å²) in [5.74, 6) is 0.858. The van der Waals surface area contributed by atoms with Gasteiger partial charge in [0.25, 0.3) is 0 Å². The van der Waals surface area contributed by atoms with E-state index in [-0.39, 0.29) is 6.04 Å². The predicted molar refractivity (Wildman–Crippen MR) is 88.0 cm³/mol. The Balaban J connectivity index is 2.16. The summed E-state index contributed by atoms with van der Waals surface area (Å²) in [6.45, 7) is 9.44. The number of sulfonamides is 1. The molecular formula is C14H25N3O2S2. The Morgan fingerprint density at radius 1 is 1.48 bits per heavy atom. The standard InChI is InChI=1S/C14H25N3O2S2/c1-10(2)15-8-13-7-14(9-16-13)21(18,19)17-5-6-20-12(4)11(17)3/h7,9-12,15-16H,5-6,8H2,1-4H3. The second-order valence-electron chi connectivity index (χ2n) is 5.83. The van der Waals surface area contributed by atoms with Crippen molar-refractivity contribution in [1.29, 1.82) is 0 Å². The van der Waals surface area contributed by atoms with Crippen molar-refractivity contribution < 1.29 is 8.42 Å². The highest BCUT2D eigenvalue weighted by atomic mass is 32.2. The highest BCUT2D eigenvalue weighted by molar-refractivity contribution is 8.00. The maximum absolute atomic E-state index is 12.8. The largest absolute Gasteiger partial charge is 0.363 e. The highest BCUT2D eigenvalue weighted by Crippen LogP contribution is 2.29. The van der Waals surface area contributed by atoms with Crippen LogP contribution in [0.2, 0.25) is 0 Å². The first-order valence-electron chi connectivity index (χ1n) is 7.36. The molecule has 2 N–H and O–H groups in total. The molecule has 0 saturated carbocycles. The number of nitrogens with zero attached hydrogens (tertiary/aromatic N) is 1. The zero-order valence-electron chi connectivity index (χ0n) is 13.1. The second kappa shape index (κ2) is 6.73. The fourth-order valence-electron chi connectivity index (χ4n) is 2.36. The van der Waals surface area contributed by atoms with Crippen LogP contribution >= 0.6 is 11.8 Å². The molecule has 1 aliphatic rings. The van der Waals surface area contributed by atoms with E-state index in [9.17, 15) is 8.42 Å². The van der Waals surface area contributed by atoms with Gasteiger partial charge in [0.15, 0.2) is 0 Å². The minimum Gasteiger partial charge on any atom is -0.363 e. The summed E-state index contributed by atoms with van der Waals surface area (Å²) in [6, 6.07) is 2.14. The van der Waals surface area contributed by atoms with E-state index in [0.29, 0.717) is 29.3 Å². The molecule has 0 spiro atoms. The average Bonchev–Trinajstić information content (AvgIpc) is 2.89.